The van der Waals surface area contributed by atoms with Crippen LogP contribution in [0.5, 0.6) is 0 Å². The number of nitrogens with zero attached hydrogens (tertiary/aromatic N) is 2. The number of hydrogen-bond donors (Lipinski definition) is 0. The number of thiazole rings is 1. The average molecular weight is 308 g/mol. The largest absolute Gasteiger partial charge is 0.284 e. The number of anilines is 1. The Kier molecular flexibility index (Phi) is 2.47. The van der Waals surface area contributed by atoms with E-state index in [1.54, 1.807) is 4.90 Å². The summed E-state index contributed by atoms with van der Waals surface area (Å²) < 4.78 is 24.5. The van der Waals surface area contributed by atoms with Crippen molar-refractivity contribution in [2.45, 2.75) is 12.5 Å². The summed E-state index contributed by atoms with van der Waals surface area (Å²) >= 11 is 1.45. The van der Waals surface area contributed by atoms with E-state index in [0.29, 0.717) is 11.6 Å². The average Bonchev–Trinajstić information content (AvgIpc) is 2.97. The van der Waals surface area contributed by atoms with Gasteiger partial charge in [-0.3, -0.25) is 9.69 Å². The molecule has 0 aliphatic carbocycles. The van der Waals surface area contributed by atoms with Crippen molar-refractivity contribution >= 4 is 42.4 Å². The van der Waals surface area contributed by atoms with Crippen molar-refractivity contribution in [2.75, 3.05) is 16.4 Å². The lowest BCUT2D eigenvalue weighted by Crippen LogP contribution is -2.36. The number of benzene rings is 1. The number of rotatable bonds is 1. The first-order valence-electron chi connectivity index (χ1n) is 6.41. The van der Waals surface area contributed by atoms with Crippen LogP contribution in [0.4, 0.5) is 5.13 Å². The second-order valence-corrected chi connectivity index (χ2v) is 8.50. The van der Waals surface area contributed by atoms with E-state index in [1.165, 1.54) is 11.3 Å². The quantitative estimate of drug-likeness (QED) is 0.799. The molecule has 2 saturated heterocycles. The maximum Gasteiger partial charge on any atom is 0.229 e. The first-order valence-corrected chi connectivity index (χ1v) is 9.05. The summed E-state index contributed by atoms with van der Waals surface area (Å²) in [6.45, 7) is 0. The van der Waals surface area contributed by atoms with Gasteiger partial charge in [-0.1, -0.05) is 23.5 Å². The first-order chi connectivity index (χ1) is 9.53. The molecule has 5 nitrogen and oxygen atoms in total. The van der Waals surface area contributed by atoms with Crippen LogP contribution < -0.4 is 4.90 Å². The monoisotopic (exact) mass is 308 g/mol. The Balaban J connectivity index is 1.78. The van der Waals surface area contributed by atoms with Gasteiger partial charge in [0, 0.05) is 12.3 Å². The standard InChI is InChI=1S/C13H12N2O3S2/c16-12-5-8-6-20(17,18)7-10(8)15(12)13-14-9-3-1-2-4-11(9)19-13/h1-4,8,10H,5-7H2/t8-,10+/m0/s1. The Bertz CT molecular complexity index is 779. The molecule has 4 rings (SSSR count). The van der Waals surface area contributed by atoms with Gasteiger partial charge in [-0.05, 0) is 12.1 Å². The Labute approximate surface area is 120 Å². The Morgan fingerprint density at radius 3 is 2.85 bits per heavy atom. The maximum absolute atomic E-state index is 12.2. The van der Waals surface area contributed by atoms with Crippen LogP contribution in [0.3, 0.4) is 0 Å². The van der Waals surface area contributed by atoms with E-state index in [-0.39, 0.29) is 29.4 Å². The Morgan fingerprint density at radius 2 is 2.05 bits per heavy atom. The van der Waals surface area contributed by atoms with Crippen LogP contribution in [-0.2, 0) is 14.6 Å². The van der Waals surface area contributed by atoms with E-state index < -0.39 is 9.84 Å². The van der Waals surface area contributed by atoms with Crippen molar-refractivity contribution in [3.05, 3.63) is 24.3 Å². The third kappa shape index (κ3) is 1.76. The summed E-state index contributed by atoms with van der Waals surface area (Å²) in [5, 5.41) is 0.626. The van der Waals surface area contributed by atoms with Gasteiger partial charge in [0.2, 0.25) is 5.91 Å². The highest BCUT2D eigenvalue weighted by Crippen LogP contribution is 2.39. The minimum absolute atomic E-state index is 0.00560. The van der Waals surface area contributed by atoms with Gasteiger partial charge in [-0.2, -0.15) is 0 Å². The molecule has 20 heavy (non-hydrogen) atoms. The van der Waals surface area contributed by atoms with Gasteiger partial charge in [0.1, 0.15) is 0 Å². The molecular formula is C13H12N2O3S2. The van der Waals surface area contributed by atoms with Crippen molar-refractivity contribution in [3.8, 4) is 0 Å². The molecule has 2 aliphatic rings. The van der Waals surface area contributed by atoms with E-state index in [0.717, 1.165) is 10.2 Å². The van der Waals surface area contributed by atoms with Crippen molar-refractivity contribution in [1.82, 2.24) is 4.98 Å². The normalized spacial score (nSPS) is 28.2. The molecule has 0 spiro atoms. The summed E-state index contributed by atoms with van der Waals surface area (Å²) in [5.74, 6) is 0.123. The van der Waals surface area contributed by atoms with Gasteiger partial charge in [-0.15, -0.1) is 0 Å². The van der Waals surface area contributed by atoms with Crippen LogP contribution >= 0.6 is 11.3 Å². The van der Waals surface area contributed by atoms with Crippen LogP contribution in [0, 0.1) is 5.92 Å². The second kappa shape index (κ2) is 4.02. The van der Waals surface area contributed by atoms with Crippen molar-refractivity contribution in [3.63, 3.8) is 0 Å². The zero-order valence-corrected chi connectivity index (χ0v) is 12.2. The molecule has 1 amide bonds. The summed E-state index contributed by atoms with van der Waals surface area (Å²) in [5.41, 5.74) is 0.851. The smallest absolute Gasteiger partial charge is 0.229 e. The molecular weight excluding hydrogens is 296 g/mol. The molecule has 0 radical (unpaired) electrons. The number of aromatic nitrogens is 1. The van der Waals surface area contributed by atoms with Crippen molar-refractivity contribution in [2.24, 2.45) is 5.92 Å². The number of carbonyl (C=O) groups is 1. The zero-order chi connectivity index (χ0) is 13.9. The summed E-state index contributed by atoms with van der Waals surface area (Å²) in [4.78, 5) is 18.3. The minimum Gasteiger partial charge on any atom is -0.284 e. The summed E-state index contributed by atoms with van der Waals surface area (Å²) in [6.07, 6.45) is 0.319. The lowest BCUT2D eigenvalue weighted by atomic mass is 10.1. The second-order valence-electron chi connectivity index (χ2n) is 5.34. The summed E-state index contributed by atoms with van der Waals surface area (Å²) in [7, 11) is -3.02. The lowest BCUT2D eigenvalue weighted by Gasteiger charge is -2.19. The lowest BCUT2D eigenvalue weighted by molar-refractivity contribution is -0.117. The molecule has 2 atom stereocenters. The topological polar surface area (TPSA) is 67.3 Å². The van der Waals surface area contributed by atoms with Crippen LogP contribution in [-0.4, -0.2) is 36.9 Å². The van der Waals surface area contributed by atoms with Gasteiger partial charge in [-0.25, -0.2) is 13.4 Å². The summed E-state index contributed by atoms with van der Waals surface area (Å²) in [6, 6.07) is 7.46. The van der Waals surface area contributed by atoms with Crippen LogP contribution in [0.2, 0.25) is 0 Å². The van der Waals surface area contributed by atoms with Crippen LogP contribution in [0.1, 0.15) is 6.42 Å². The van der Waals surface area contributed by atoms with E-state index in [9.17, 15) is 13.2 Å². The third-order valence-corrected chi connectivity index (χ3v) is 6.78. The molecule has 7 heteroatoms. The van der Waals surface area contributed by atoms with Gasteiger partial charge >= 0.3 is 0 Å². The molecule has 0 unspecified atom stereocenters. The maximum atomic E-state index is 12.2. The van der Waals surface area contributed by atoms with Gasteiger partial charge < -0.3 is 0 Å². The number of sulfone groups is 1. The Hall–Kier alpha value is -1.47. The predicted octanol–water partition coefficient (Wildman–Crippen LogP) is 1.45. The van der Waals surface area contributed by atoms with Crippen LogP contribution in [0.15, 0.2) is 24.3 Å². The highest BCUT2D eigenvalue weighted by molar-refractivity contribution is 7.91. The fraction of sp³-hybridized carbons (Fsp3) is 0.385. The predicted molar refractivity (Wildman–Crippen MR) is 77.7 cm³/mol. The number of hydrogen-bond acceptors (Lipinski definition) is 5. The van der Waals surface area contributed by atoms with Crippen molar-refractivity contribution < 1.29 is 13.2 Å². The van der Waals surface area contributed by atoms with Gasteiger partial charge in [0.25, 0.3) is 0 Å². The minimum atomic E-state index is -3.02. The number of fused-ring (bicyclic) bond motifs is 2. The van der Waals surface area contributed by atoms with Gasteiger partial charge in [0.05, 0.1) is 27.8 Å². The molecule has 2 aliphatic heterocycles. The zero-order valence-electron chi connectivity index (χ0n) is 10.5. The Morgan fingerprint density at radius 1 is 1.25 bits per heavy atom. The molecule has 0 N–H and O–H groups in total. The van der Waals surface area contributed by atoms with E-state index in [2.05, 4.69) is 4.98 Å². The fourth-order valence-corrected chi connectivity index (χ4v) is 6.21. The number of amides is 1. The number of carbonyl (C=O) groups excluding carboxylic acids is 1. The highest BCUT2D eigenvalue weighted by Gasteiger charge is 2.50. The first kappa shape index (κ1) is 12.3. The van der Waals surface area contributed by atoms with E-state index in [4.69, 9.17) is 0 Å². The molecule has 1 aromatic carbocycles. The molecule has 0 saturated carbocycles. The van der Waals surface area contributed by atoms with Crippen LogP contribution in [0.25, 0.3) is 10.2 Å². The number of para-hydroxylation sites is 1. The SMILES string of the molecule is O=C1C[C@H]2CS(=O)(=O)C[C@H]2N1c1nc2ccccc2s1. The van der Waals surface area contributed by atoms with E-state index in [1.807, 2.05) is 24.3 Å². The molecule has 3 heterocycles. The van der Waals surface area contributed by atoms with Gasteiger partial charge in [0.15, 0.2) is 15.0 Å². The highest BCUT2D eigenvalue weighted by atomic mass is 32.2. The molecule has 0 bridgehead atoms. The fourth-order valence-electron chi connectivity index (χ4n) is 3.10. The molecule has 2 aromatic rings. The van der Waals surface area contributed by atoms with E-state index >= 15 is 0 Å². The molecule has 1 aromatic heterocycles. The molecule has 104 valence electrons. The molecule has 2 fully saturated rings. The van der Waals surface area contributed by atoms with Crippen molar-refractivity contribution in [1.29, 1.82) is 0 Å². The third-order valence-electron chi connectivity index (χ3n) is 3.96.